The molecule has 11 atom stereocenters. The average Bonchev–Trinajstić information content (AvgIpc) is 1.80. The molecule has 2 heterocycles. The summed E-state index contributed by atoms with van der Waals surface area (Å²) in [4.78, 5) is 243. The molecule has 14 N–H and O–H groups in total. The first-order valence-corrected chi connectivity index (χ1v) is 44.4. The number of hydrogen-bond donors (Lipinski definition) is 13. The number of hydrogen-bond acceptors (Lipinski definition) is 18. The number of aliphatic carboxylic acids is 1. The first-order chi connectivity index (χ1) is 62.6. The summed E-state index contributed by atoms with van der Waals surface area (Å²) in [6.07, 6.45) is -5.45. The van der Waals surface area contributed by atoms with Gasteiger partial charge in [0, 0.05) is 96.6 Å². The van der Waals surface area contributed by atoms with Gasteiger partial charge in [-0.25, -0.2) is 0 Å². The quantitative estimate of drug-likeness (QED) is 0.0435. The number of nitrogens with two attached hydrogens (primary N) is 1. The van der Waals surface area contributed by atoms with Crippen molar-refractivity contribution in [1.82, 2.24) is 77.3 Å². The van der Waals surface area contributed by atoms with E-state index >= 15 is 33.6 Å². The normalized spacial score (nSPS) is 21.8. The Labute approximate surface area is 767 Å². The van der Waals surface area contributed by atoms with Crippen molar-refractivity contribution in [2.24, 2.45) is 17.6 Å². The van der Waals surface area contributed by atoms with E-state index in [0.29, 0.717) is 51.6 Å². The number of nitrogens with one attached hydrogen (secondary N) is 10. The van der Waals surface area contributed by atoms with Crippen LogP contribution in [-0.4, -0.2) is 267 Å². The number of fused-ring (bicyclic) bond motifs is 1. The molecule has 132 heavy (non-hydrogen) atoms. The monoisotopic (exact) mass is 1850 g/mol. The number of phenolic OH excluding ortho intramolecular Hbond substituents is 1. The van der Waals surface area contributed by atoms with Crippen molar-refractivity contribution >= 4 is 117 Å². The SMILES string of the molecule is CCCC[C@H]1C(=O)N(C)CC(=O)N[C@@H](CC(=O)O)C(=O)N[C@@H](C(C)C)C(=O)N(C)C(Cc2ccccc2)C(=O)N[C@@H](Cc2ccc(O)cc2)C(=O)N(C)CC(=O)N[C@@H](Cc2c[nH]c3ccccc23)C(=O)N[C@@H](Cc2ccc(C(F)(F)F)cc2)C(=O)N[C@@H](CC(C)C)C(=O)N[C@H](C(=O)NCC(N)=O)CSCC(=O)N[C@@H](Cc2ccccc2)C(=O)N(C)[C@@H](Cc2ccccc2)C(=O)N1C. The van der Waals surface area contributed by atoms with Gasteiger partial charge in [-0.3, -0.25) is 76.7 Å². The summed E-state index contributed by atoms with van der Waals surface area (Å²) in [7, 11) is 6.40. The molecular formula is C94H117F3N16O18S. The van der Waals surface area contributed by atoms with Crippen molar-refractivity contribution in [3.05, 3.63) is 209 Å². The maximum atomic E-state index is 15.5. The van der Waals surface area contributed by atoms with Crippen molar-refractivity contribution in [2.45, 2.75) is 178 Å². The van der Waals surface area contributed by atoms with Crippen molar-refractivity contribution in [3.63, 3.8) is 0 Å². The zero-order valence-electron chi connectivity index (χ0n) is 75.3. The molecule has 34 nitrogen and oxygen atoms in total. The standard InChI is InChI=1S/C94H117F3N16O18S/c1-11-12-32-74-91(129)110(7)52-79(117)102-70(48-81(119)120)87(125)108-82(56(4)5)93(131)112(9)75(45-58-26-18-14-19-27-58)88(126)106-71(44-61-35-39-64(114)40-36-61)89(127)109(6)51-78(116)101-69(47-62-49-99-66-31-23-22-30-65(62)66)86(124)105-68(42-60-33-37-63(38-34-60)94(95,96)97)85(123)104-67(41-55(2)3)84(122)107-73(83(121)100-50-77(98)115)53-132-54-80(118)103-72(43-57-24-16-13-17-25-57)90(128)113(10)76(92(130)111(74)8)46-59-28-20-15-21-29-59/h13-31,33-40,49,55-56,67-76,82,99,114H,11-12,32,41-48,50-54H2,1-10H3,(H2,98,115)(H,100,121)(H,101,116)(H,102,117)(H,103,118)(H,104,123)(H,105,124)(H,106,126)(H,107,122)(H,108,125)(H,119,120)/t67-,68-,69-,70-,71-,72-,73-,74-,75?,76-,82-/m0/s1. The lowest BCUT2D eigenvalue weighted by molar-refractivity contribution is -0.151. The molecule has 0 bridgehead atoms. The summed E-state index contributed by atoms with van der Waals surface area (Å²) in [6.45, 7) is 5.85. The predicted molar refractivity (Wildman–Crippen MR) is 485 cm³/mol. The minimum absolute atomic E-state index is 0.0102. The number of carbonyl (C=O) groups is 16. The molecule has 1 unspecified atom stereocenters. The van der Waals surface area contributed by atoms with Gasteiger partial charge in [-0.1, -0.05) is 181 Å². The van der Waals surface area contributed by atoms with Gasteiger partial charge < -0.3 is 93.3 Å². The highest BCUT2D eigenvalue weighted by atomic mass is 32.2. The molecule has 1 aromatic heterocycles. The third-order valence-electron chi connectivity index (χ3n) is 22.4. The number of thioether (sulfide) groups is 1. The van der Waals surface area contributed by atoms with E-state index in [9.17, 15) is 66.5 Å². The Balaban J connectivity index is 1.22. The van der Waals surface area contributed by atoms with Gasteiger partial charge in [-0.15, -0.1) is 11.8 Å². The number of para-hydroxylation sites is 1. The molecule has 0 spiro atoms. The van der Waals surface area contributed by atoms with Crippen LogP contribution in [0.3, 0.4) is 0 Å². The zero-order valence-corrected chi connectivity index (χ0v) is 76.1. The second-order valence-corrected chi connectivity index (χ2v) is 34.6. The molecule has 1 aliphatic rings. The van der Waals surface area contributed by atoms with Gasteiger partial charge in [0.1, 0.15) is 72.2 Å². The van der Waals surface area contributed by atoms with Crippen molar-refractivity contribution in [1.29, 1.82) is 0 Å². The van der Waals surface area contributed by atoms with Crippen LogP contribution in [0.2, 0.25) is 0 Å². The van der Waals surface area contributed by atoms with Crippen molar-refractivity contribution in [3.8, 4) is 5.75 Å². The number of aromatic nitrogens is 1. The number of alkyl halides is 3. The minimum atomic E-state index is -4.81. The Kier molecular flexibility index (Phi) is 38.8. The molecule has 708 valence electrons. The van der Waals surface area contributed by atoms with E-state index in [1.165, 1.54) is 59.5 Å². The molecule has 1 saturated heterocycles. The van der Waals surface area contributed by atoms with Gasteiger partial charge in [-0.2, -0.15) is 13.2 Å². The van der Waals surface area contributed by atoms with Crippen LogP contribution in [0.25, 0.3) is 10.9 Å². The van der Waals surface area contributed by atoms with Crippen LogP contribution in [0.1, 0.15) is 106 Å². The van der Waals surface area contributed by atoms with Gasteiger partial charge >= 0.3 is 12.1 Å². The average molecular weight is 1850 g/mol. The molecule has 8 rings (SSSR count). The molecular weight excluding hydrogens is 1730 g/mol. The van der Waals surface area contributed by atoms with Gasteiger partial charge in [0.05, 0.1) is 37.4 Å². The minimum Gasteiger partial charge on any atom is -0.508 e. The smallest absolute Gasteiger partial charge is 0.416 e. The number of phenols is 1. The fraction of sp³-hybridized carbons (Fsp3) is 0.426. The predicted octanol–water partition coefficient (Wildman–Crippen LogP) is 3.64. The molecule has 0 radical (unpaired) electrons. The maximum Gasteiger partial charge on any atom is 0.416 e. The maximum absolute atomic E-state index is 15.5. The molecule has 0 aliphatic carbocycles. The molecule has 15 amide bonds. The van der Waals surface area contributed by atoms with E-state index in [0.717, 1.165) is 60.5 Å². The highest BCUT2D eigenvalue weighted by molar-refractivity contribution is 8.00. The summed E-state index contributed by atoms with van der Waals surface area (Å²) in [6, 6.07) is 23.8. The molecule has 0 saturated carbocycles. The van der Waals surface area contributed by atoms with Gasteiger partial charge in [0.2, 0.25) is 88.6 Å². The number of unbranched alkanes of at least 4 members (excludes halogenated alkanes) is 1. The Morgan fingerprint density at radius 1 is 0.485 bits per heavy atom. The lowest BCUT2D eigenvalue weighted by Gasteiger charge is -2.37. The first kappa shape index (κ1) is 104. The van der Waals surface area contributed by atoms with Gasteiger partial charge in [-0.05, 0) is 88.4 Å². The third-order valence-corrected chi connectivity index (χ3v) is 23.4. The number of rotatable bonds is 23. The molecule has 1 aliphatic heterocycles. The van der Waals surface area contributed by atoms with Crippen LogP contribution in [0.5, 0.6) is 5.75 Å². The fourth-order valence-corrected chi connectivity index (χ4v) is 16.0. The lowest BCUT2D eigenvalue weighted by Crippen LogP contribution is -2.61. The van der Waals surface area contributed by atoms with Gasteiger partial charge in [0.25, 0.3) is 0 Å². The number of likely N-dealkylation sites (N-methyl/N-ethyl adjacent to an activating group) is 5. The third kappa shape index (κ3) is 31.0. The molecule has 7 aromatic rings. The van der Waals surface area contributed by atoms with E-state index in [1.807, 2.05) is 6.92 Å². The number of H-pyrrole nitrogens is 1. The van der Waals surface area contributed by atoms with E-state index in [1.54, 1.807) is 149 Å². The Morgan fingerprint density at radius 3 is 1.48 bits per heavy atom. The summed E-state index contributed by atoms with van der Waals surface area (Å²) < 4.78 is 42.4. The lowest BCUT2D eigenvalue weighted by atomic mass is 9.98. The topological polar surface area (TPSA) is 480 Å². The highest BCUT2D eigenvalue weighted by Crippen LogP contribution is 2.30. The fourth-order valence-electron chi connectivity index (χ4n) is 15.1. The summed E-state index contributed by atoms with van der Waals surface area (Å²) in [5, 5.41) is 44.6. The van der Waals surface area contributed by atoms with Gasteiger partial charge in [0.15, 0.2) is 0 Å². The summed E-state index contributed by atoms with van der Waals surface area (Å²) in [5.41, 5.74) is 7.44. The van der Waals surface area contributed by atoms with E-state index in [-0.39, 0.29) is 56.3 Å². The van der Waals surface area contributed by atoms with Crippen LogP contribution in [0.15, 0.2) is 170 Å². The van der Waals surface area contributed by atoms with Crippen LogP contribution in [0, 0.1) is 11.8 Å². The number of halogens is 3. The van der Waals surface area contributed by atoms with Crippen molar-refractivity contribution < 1.29 is 100 Å². The molecule has 6 aromatic carbocycles. The second-order valence-electron chi connectivity index (χ2n) is 33.6. The Bertz CT molecular complexity index is 5190. The highest BCUT2D eigenvalue weighted by Gasteiger charge is 2.43. The van der Waals surface area contributed by atoms with E-state index in [4.69, 9.17) is 5.73 Å². The largest absolute Gasteiger partial charge is 0.508 e. The Morgan fingerprint density at radius 2 is 0.939 bits per heavy atom. The van der Waals surface area contributed by atoms with Crippen molar-refractivity contribution in [2.75, 3.05) is 66.4 Å². The Hall–Kier alpha value is -13.7. The molecule has 1 fully saturated rings. The van der Waals surface area contributed by atoms with E-state index in [2.05, 4.69) is 52.8 Å². The number of aromatic hydroxyl groups is 1. The second kappa shape index (κ2) is 49.4. The number of carbonyl (C=O) groups excluding carboxylic acids is 15. The number of aromatic amines is 1. The van der Waals surface area contributed by atoms with Crippen LogP contribution in [0.4, 0.5) is 13.2 Å². The number of carboxylic acids is 1. The summed E-state index contributed by atoms with van der Waals surface area (Å²) in [5.74, 6) is -18.4. The number of amides is 15. The number of primary amides is 1. The first-order valence-electron chi connectivity index (χ1n) is 43.3. The summed E-state index contributed by atoms with van der Waals surface area (Å²) >= 11 is 0.778. The van der Waals surface area contributed by atoms with Crippen LogP contribution in [-0.2, 0) is 121 Å². The number of nitrogens with zero attached hydrogens (tertiary/aromatic N) is 5. The van der Waals surface area contributed by atoms with E-state index < -0.39 is 229 Å². The van der Waals surface area contributed by atoms with Crippen LogP contribution < -0.4 is 53.6 Å². The zero-order chi connectivity index (χ0) is 96.8. The van der Waals surface area contributed by atoms with Crippen LogP contribution >= 0.6 is 11.8 Å². The number of carboxylic acid groups (broad SMARTS) is 1. The number of benzene rings is 6. The molecule has 38 heteroatoms.